The van der Waals surface area contributed by atoms with E-state index in [0.29, 0.717) is 9.13 Å². The molecule has 0 saturated heterocycles. The maximum atomic E-state index is 11.0. The molecule has 0 amide bonds. The molecule has 0 aliphatic carbocycles. The highest BCUT2D eigenvalue weighted by molar-refractivity contribution is 14.1. The van der Waals surface area contributed by atoms with Crippen LogP contribution < -0.4 is 5.43 Å². The van der Waals surface area contributed by atoms with E-state index < -0.39 is 21.2 Å². The SMILES string of the molecule is O=[N+]([O-])c1ccc(N/N=C\c2cc(Br)cc(I)c2O)c([N+](=O)[O-])c1. The lowest BCUT2D eigenvalue weighted by Crippen LogP contribution is -1.99. The van der Waals surface area contributed by atoms with Gasteiger partial charge in [-0.15, -0.1) is 0 Å². The predicted molar refractivity (Wildman–Crippen MR) is 99.5 cm³/mol. The summed E-state index contributed by atoms with van der Waals surface area (Å²) in [5.74, 6) is 0.0162. The van der Waals surface area contributed by atoms with Gasteiger partial charge in [0.05, 0.1) is 25.7 Å². The first kappa shape index (κ1) is 18.1. The van der Waals surface area contributed by atoms with Crippen LogP contribution in [0.4, 0.5) is 17.1 Å². The number of anilines is 1. The number of hydrogen-bond acceptors (Lipinski definition) is 7. The number of hydrazone groups is 1. The van der Waals surface area contributed by atoms with Gasteiger partial charge in [0.1, 0.15) is 11.4 Å². The van der Waals surface area contributed by atoms with Crippen LogP contribution >= 0.6 is 38.5 Å². The normalized spacial score (nSPS) is 10.8. The van der Waals surface area contributed by atoms with E-state index in [1.54, 1.807) is 12.1 Å². The second-order valence-corrected chi connectivity index (χ2v) is 6.49. The van der Waals surface area contributed by atoms with E-state index in [1.807, 2.05) is 22.6 Å². The van der Waals surface area contributed by atoms with Crippen molar-refractivity contribution in [2.45, 2.75) is 0 Å². The molecular weight excluding hydrogens is 499 g/mol. The highest BCUT2D eigenvalue weighted by Crippen LogP contribution is 2.30. The predicted octanol–water partition coefficient (Wildman–Crippen LogP) is 4.02. The van der Waals surface area contributed by atoms with Crippen LogP contribution in [0.5, 0.6) is 5.75 Å². The van der Waals surface area contributed by atoms with Crippen molar-refractivity contribution in [1.29, 1.82) is 0 Å². The van der Waals surface area contributed by atoms with Crippen LogP contribution in [0.2, 0.25) is 0 Å². The lowest BCUT2D eigenvalue weighted by atomic mass is 10.2. The summed E-state index contributed by atoms with van der Waals surface area (Å²) >= 11 is 5.23. The third-order valence-electron chi connectivity index (χ3n) is 2.84. The minimum Gasteiger partial charge on any atom is -0.506 e. The van der Waals surface area contributed by atoms with Gasteiger partial charge in [0.2, 0.25) is 0 Å². The topological polar surface area (TPSA) is 131 Å². The third-order valence-corrected chi connectivity index (χ3v) is 4.12. The van der Waals surface area contributed by atoms with Gasteiger partial charge in [0, 0.05) is 16.1 Å². The molecule has 0 unspecified atom stereocenters. The minimum absolute atomic E-state index is 0.00830. The van der Waals surface area contributed by atoms with E-state index in [4.69, 9.17) is 0 Å². The van der Waals surface area contributed by atoms with Gasteiger partial charge in [-0.1, -0.05) is 15.9 Å². The Balaban J connectivity index is 2.29. The Hall–Kier alpha value is -2.28. The van der Waals surface area contributed by atoms with E-state index in [2.05, 4.69) is 26.5 Å². The fourth-order valence-corrected chi connectivity index (χ4v) is 3.29. The maximum absolute atomic E-state index is 11.0. The molecule has 9 nitrogen and oxygen atoms in total. The van der Waals surface area contributed by atoms with Crippen molar-refractivity contribution in [2.75, 3.05) is 5.43 Å². The number of nitro groups is 2. The number of non-ortho nitro benzene ring substituents is 1. The Kier molecular flexibility index (Phi) is 5.66. The van der Waals surface area contributed by atoms with Gasteiger partial charge < -0.3 is 5.11 Å². The smallest absolute Gasteiger partial charge is 0.301 e. The first-order valence-corrected chi connectivity index (χ1v) is 8.06. The van der Waals surface area contributed by atoms with E-state index in [1.165, 1.54) is 12.3 Å². The number of rotatable bonds is 5. The van der Waals surface area contributed by atoms with Gasteiger partial charge in [-0.2, -0.15) is 5.10 Å². The number of hydrogen-bond donors (Lipinski definition) is 2. The number of phenolic OH excluding ortho intramolecular Hbond substituents is 1. The number of phenols is 1. The quantitative estimate of drug-likeness (QED) is 0.272. The standard InChI is InChI=1S/C13H8BrIN4O5/c14-8-3-7(13(20)10(15)4-8)6-16-17-11-2-1-9(18(21)22)5-12(11)19(23)24/h1-6,17,20H/b16-6-. The molecule has 11 heteroatoms. The molecule has 0 aliphatic heterocycles. The molecule has 0 saturated carbocycles. The number of nitro benzene ring substituents is 2. The van der Waals surface area contributed by atoms with Crippen molar-refractivity contribution >= 4 is 61.8 Å². The number of benzene rings is 2. The number of halogens is 2. The molecule has 2 rings (SSSR count). The van der Waals surface area contributed by atoms with Crippen molar-refractivity contribution in [3.8, 4) is 5.75 Å². The van der Waals surface area contributed by atoms with Crippen LogP contribution in [0.1, 0.15) is 5.56 Å². The average Bonchev–Trinajstić information content (AvgIpc) is 2.51. The molecule has 124 valence electrons. The molecule has 2 N–H and O–H groups in total. The minimum atomic E-state index is -0.746. The summed E-state index contributed by atoms with van der Waals surface area (Å²) in [6.45, 7) is 0. The molecule has 0 bridgehead atoms. The monoisotopic (exact) mass is 506 g/mol. The summed E-state index contributed by atoms with van der Waals surface area (Å²) in [4.78, 5) is 20.2. The highest BCUT2D eigenvalue weighted by Gasteiger charge is 2.19. The van der Waals surface area contributed by atoms with E-state index in [9.17, 15) is 25.3 Å². The number of aromatic hydroxyl groups is 1. The Bertz CT molecular complexity index is 858. The van der Waals surface area contributed by atoms with Gasteiger partial charge in [-0.05, 0) is 40.8 Å². The molecule has 0 spiro atoms. The maximum Gasteiger partial charge on any atom is 0.301 e. The molecule has 2 aromatic rings. The summed E-state index contributed by atoms with van der Waals surface area (Å²) in [5.41, 5.74) is 1.97. The zero-order chi connectivity index (χ0) is 17.9. The van der Waals surface area contributed by atoms with Gasteiger partial charge in [-0.25, -0.2) is 0 Å². The molecule has 0 aliphatic rings. The van der Waals surface area contributed by atoms with Crippen molar-refractivity contribution in [3.05, 3.63) is 64.2 Å². The second-order valence-electron chi connectivity index (χ2n) is 4.41. The van der Waals surface area contributed by atoms with Crippen molar-refractivity contribution in [2.24, 2.45) is 5.10 Å². The van der Waals surface area contributed by atoms with Crippen molar-refractivity contribution in [3.63, 3.8) is 0 Å². The van der Waals surface area contributed by atoms with Crippen LogP contribution in [0.25, 0.3) is 0 Å². The van der Waals surface area contributed by atoms with Gasteiger partial charge in [0.15, 0.2) is 0 Å². The second kappa shape index (κ2) is 7.53. The largest absolute Gasteiger partial charge is 0.506 e. The number of nitrogens with one attached hydrogen (secondary N) is 1. The first-order valence-electron chi connectivity index (χ1n) is 6.19. The lowest BCUT2D eigenvalue weighted by molar-refractivity contribution is -0.393. The summed E-state index contributed by atoms with van der Waals surface area (Å²) < 4.78 is 1.33. The van der Waals surface area contributed by atoms with Gasteiger partial charge >= 0.3 is 5.69 Å². The molecule has 0 atom stereocenters. The Morgan fingerprint density at radius 2 is 1.92 bits per heavy atom. The van der Waals surface area contributed by atoms with E-state index >= 15 is 0 Å². The molecule has 0 fully saturated rings. The number of nitrogens with zero attached hydrogens (tertiary/aromatic N) is 3. The Morgan fingerprint density at radius 3 is 2.54 bits per heavy atom. The van der Waals surface area contributed by atoms with Gasteiger partial charge in [0.25, 0.3) is 5.69 Å². The third kappa shape index (κ3) is 4.17. The fourth-order valence-electron chi connectivity index (χ4n) is 1.73. The summed E-state index contributed by atoms with van der Waals surface area (Å²) in [6, 6.07) is 6.49. The zero-order valence-electron chi connectivity index (χ0n) is 11.6. The molecule has 0 aromatic heterocycles. The summed E-state index contributed by atoms with van der Waals surface area (Å²) in [6.07, 6.45) is 1.29. The van der Waals surface area contributed by atoms with Crippen LogP contribution in [-0.4, -0.2) is 21.2 Å². The Morgan fingerprint density at radius 1 is 1.21 bits per heavy atom. The first-order chi connectivity index (χ1) is 11.3. The van der Waals surface area contributed by atoms with Crippen LogP contribution in [-0.2, 0) is 0 Å². The molecule has 0 radical (unpaired) electrons. The van der Waals surface area contributed by atoms with Crippen molar-refractivity contribution < 1.29 is 15.0 Å². The van der Waals surface area contributed by atoms with Crippen LogP contribution in [0, 0.1) is 23.8 Å². The average molecular weight is 507 g/mol. The van der Waals surface area contributed by atoms with E-state index in [-0.39, 0.29) is 11.4 Å². The molecule has 2 aromatic carbocycles. The highest BCUT2D eigenvalue weighted by atomic mass is 127. The molecule has 24 heavy (non-hydrogen) atoms. The lowest BCUT2D eigenvalue weighted by Gasteiger charge is -2.04. The summed E-state index contributed by atoms with van der Waals surface area (Å²) in [5, 5.41) is 35.5. The van der Waals surface area contributed by atoms with Crippen LogP contribution in [0.15, 0.2) is 39.9 Å². The van der Waals surface area contributed by atoms with Gasteiger partial charge in [-0.3, -0.25) is 25.7 Å². The molecular formula is C13H8BrIN4O5. The fraction of sp³-hybridized carbons (Fsp3) is 0. The van der Waals surface area contributed by atoms with E-state index in [0.717, 1.165) is 16.6 Å². The molecule has 0 heterocycles. The van der Waals surface area contributed by atoms with Crippen LogP contribution in [0.3, 0.4) is 0 Å². The Labute approximate surface area is 156 Å². The summed E-state index contributed by atoms with van der Waals surface area (Å²) in [7, 11) is 0. The van der Waals surface area contributed by atoms with Crippen molar-refractivity contribution in [1.82, 2.24) is 0 Å². The zero-order valence-corrected chi connectivity index (χ0v) is 15.4.